The molecule has 0 fully saturated rings. The predicted molar refractivity (Wildman–Crippen MR) is 72.7 cm³/mol. The Morgan fingerprint density at radius 1 is 1.21 bits per heavy atom. The Balaban J connectivity index is 3.45. The molecule has 0 rings (SSSR count). The zero-order valence-corrected chi connectivity index (χ0v) is 11.8. The molecule has 0 heterocycles. The molecule has 14 heavy (non-hydrogen) atoms. The zero-order valence-electron chi connectivity index (χ0n) is 10.0. The van der Waals surface area contributed by atoms with E-state index in [-0.39, 0.29) is 0 Å². The van der Waals surface area contributed by atoms with Gasteiger partial charge in [0.1, 0.15) is 0 Å². The molecular formula is C11H25NS2. The number of thiol groups is 1. The van der Waals surface area contributed by atoms with E-state index in [0.717, 1.165) is 5.75 Å². The van der Waals surface area contributed by atoms with E-state index in [1.54, 1.807) is 0 Å². The van der Waals surface area contributed by atoms with Crippen molar-refractivity contribution in [3.05, 3.63) is 0 Å². The van der Waals surface area contributed by atoms with E-state index in [2.05, 4.69) is 57.0 Å². The third kappa shape index (κ3) is 7.02. The Morgan fingerprint density at radius 2 is 1.79 bits per heavy atom. The second kappa shape index (κ2) is 7.89. The van der Waals surface area contributed by atoms with Crippen molar-refractivity contribution in [2.45, 2.75) is 27.7 Å². The molecule has 3 heteroatoms. The van der Waals surface area contributed by atoms with Gasteiger partial charge in [-0.15, -0.1) is 0 Å². The summed E-state index contributed by atoms with van der Waals surface area (Å²) in [5.74, 6) is 3.45. The molecule has 0 aromatic carbocycles. The van der Waals surface area contributed by atoms with Crippen molar-refractivity contribution in [1.29, 1.82) is 0 Å². The molecule has 0 saturated carbocycles. The van der Waals surface area contributed by atoms with E-state index in [1.807, 2.05) is 0 Å². The van der Waals surface area contributed by atoms with Crippen LogP contribution in [0.1, 0.15) is 27.7 Å². The first-order chi connectivity index (χ1) is 6.55. The van der Waals surface area contributed by atoms with E-state index < -0.39 is 0 Å². The second-order valence-electron chi connectivity index (χ2n) is 4.40. The SMILES string of the molecule is CCN(CC)CCSCC(C)(C)CS. The van der Waals surface area contributed by atoms with Crippen LogP contribution in [0, 0.1) is 5.41 Å². The molecule has 0 spiro atoms. The third-order valence-electron chi connectivity index (χ3n) is 2.37. The van der Waals surface area contributed by atoms with Crippen LogP contribution in [0.25, 0.3) is 0 Å². The van der Waals surface area contributed by atoms with E-state index in [4.69, 9.17) is 0 Å². The fourth-order valence-corrected chi connectivity index (χ4v) is 2.58. The number of thioether (sulfide) groups is 1. The molecule has 0 atom stereocenters. The Hall–Kier alpha value is 0.660. The highest BCUT2D eigenvalue weighted by Gasteiger charge is 2.15. The molecular weight excluding hydrogens is 210 g/mol. The van der Waals surface area contributed by atoms with Crippen LogP contribution in [0.4, 0.5) is 0 Å². The molecule has 0 aromatic heterocycles. The third-order valence-corrected chi connectivity index (χ3v) is 4.68. The second-order valence-corrected chi connectivity index (χ2v) is 5.82. The fraction of sp³-hybridized carbons (Fsp3) is 1.00. The first-order valence-corrected chi connectivity index (χ1v) is 7.25. The molecule has 0 aliphatic heterocycles. The van der Waals surface area contributed by atoms with Crippen LogP contribution < -0.4 is 0 Å². The average molecular weight is 235 g/mol. The van der Waals surface area contributed by atoms with Gasteiger partial charge in [0.2, 0.25) is 0 Å². The van der Waals surface area contributed by atoms with Crippen LogP contribution in [0.15, 0.2) is 0 Å². The lowest BCUT2D eigenvalue weighted by Crippen LogP contribution is -2.26. The van der Waals surface area contributed by atoms with Crippen LogP contribution in [0.2, 0.25) is 0 Å². The van der Waals surface area contributed by atoms with Crippen molar-refractivity contribution in [3.63, 3.8) is 0 Å². The van der Waals surface area contributed by atoms with Crippen molar-refractivity contribution in [2.24, 2.45) is 5.41 Å². The molecule has 1 nitrogen and oxygen atoms in total. The molecule has 0 unspecified atom stereocenters. The number of hydrogen-bond donors (Lipinski definition) is 1. The Bertz CT molecular complexity index is 133. The highest BCUT2D eigenvalue weighted by Crippen LogP contribution is 2.22. The van der Waals surface area contributed by atoms with Gasteiger partial charge >= 0.3 is 0 Å². The molecule has 86 valence electrons. The molecule has 0 aromatic rings. The Morgan fingerprint density at radius 3 is 2.21 bits per heavy atom. The van der Waals surface area contributed by atoms with Crippen LogP contribution in [-0.4, -0.2) is 41.8 Å². The average Bonchev–Trinajstić information content (AvgIpc) is 2.18. The molecule has 0 amide bonds. The fourth-order valence-electron chi connectivity index (χ4n) is 1.13. The minimum absolute atomic E-state index is 0.386. The van der Waals surface area contributed by atoms with Gasteiger partial charge < -0.3 is 4.90 Å². The van der Waals surface area contributed by atoms with Gasteiger partial charge in [-0.3, -0.25) is 0 Å². The van der Waals surface area contributed by atoms with Crippen LogP contribution >= 0.6 is 24.4 Å². The number of nitrogens with zero attached hydrogens (tertiary/aromatic N) is 1. The van der Waals surface area contributed by atoms with Gasteiger partial charge in [-0.05, 0) is 30.0 Å². The van der Waals surface area contributed by atoms with Gasteiger partial charge in [-0.1, -0.05) is 27.7 Å². The quantitative estimate of drug-likeness (QED) is 0.509. The van der Waals surface area contributed by atoms with Crippen molar-refractivity contribution < 1.29 is 0 Å². The minimum atomic E-state index is 0.386. The molecule has 0 saturated heterocycles. The summed E-state index contributed by atoms with van der Waals surface area (Å²) >= 11 is 6.41. The summed E-state index contributed by atoms with van der Waals surface area (Å²) in [6.07, 6.45) is 0. The first-order valence-electron chi connectivity index (χ1n) is 5.46. The lowest BCUT2D eigenvalue weighted by molar-refractivity contribution is 0.323. The topological polar surface area (TPSA) is 3.24 Å². The molecule has 0 bridgehead atoms. The normalized spacial score (nSPS) is 12.4. The highest BCUT2D eigenvalue weighted by atomic mass is 32.2. The standard InChI is InChI=1S/C11H25NS2/c1-5-12(6-2)7-8-14-10-11(3,4)9-13/h13H,5-10H2,1-4H3. The Labute approximate surface area is 99.4 Å². The maximum absolute atomic E-state index is 4.36. The molecule has 0 N–H and O–H groups in total. The zero-order chi connectivity index (χ0) is 11.0. The lowest BCUT2D eigenvalue weighted by Gasteiger charge is -2.22. The maximum Gasteiger partial charge on any atom is 0.00721 e. The van der Waals surface area contributed by atoms with E-state index >= 15 is 0 Å². The smallest absolute Gasteiger partial charge is 0.00721 e. The summed E-state index contributed by atoms with van der Waals surface area (Å²) in [7, 11) is 0. The van der Waals surface area contributed by atoms with Gasteiger partial charge in [-0.25, -0.2) is 0 Å². The monoisotopic (exact) mass is 235 g/mol. The van der Waals surface area contributed by atoms with E-state index in [1.165, 1.54) is 31.1 Å². The maximum atomic E-state index is 4.36. The van der Waals surface area contributed by atoms with Crippen LogP contribution in [0.3, 0.4) is 0 Å². The van der Waals surface area contributed by atoms with Crippen molar-refractivity contribution >= 4 is 24.4 Å². The minimum Gasteiger partial charge on any atom is -0.303 e. The van der Waals surface area contributed by atoms with E-state index in [0.29, 0.717) is 5.41 Å². The van der Waals surface area contributed by atoms with E-state index in [9.17, 15) is 0 Å². The summed E-state index contributed by atoms with van der Waals surface area (Å²) in [5, 5.41) is 0. The number of hydrogen-bond acceptors (Lipinski definition) is 3. The van der Waals surface area contributed by atoms with Crippen LogP contribution in [-0.2, 0) is 0 Å². The summed E-state index contributed by atoms with van der Waals surface area (Å²) < 4.78 is 0. The Kier molecular flexibility index (Phi) is 8.26. The van der Waals surface area contributed by atoms with Gasteiger partial charge in [0, 0.05) is 12.3 Å². The molecule has 0 radical (unpaired) electrons. The van der Waals surface area contributed by atoms with Crippen molar-refractivity contribution in [3.8, 4) is 0 Å². The van der Waals surface area contributed by atoms with Gasteiger partial charge in [0.15, 0.2) is 0 Å². The van der Waals surface area contributed by atoms with Gasteiger partial charge in [-0.2, -0.15) is 24.4 Å². The summed E-state index contributed by atoms with van der Waals surface area (Å²) in [6.45, 7) is 12.6. The highest BCUT2D eigenvalue weighted by molar-refractivity contribution is 7.99. The van der Waals surface area contributed by atoms with Gasteiger partial charge in [0.05, 0.1) is 0 Å². The van der Waals surface area contributed by atoms with Crippen molar-refractivity contribution in [1.82, 2.24) is 4.90 Å². The van der Waals surface area contributed by atoms with Crippen LogP contribution in [0.5, 0.6) is 0 Å². The predicted octanol–water partition coefficient (Wildman–Crippen LogP) is 3.02. The van der Waals surface area contributed by atoms with Crippen molar-refractivity contribution in [2.75, 3.05) is 36.9 Å². The van der Waals surface area contributed by atoms with Gasteiger partial charge in [0.25, 0.3) is 0 Å². The largest absolute Gasteiger partial charge is 0.303 e. The molecule has 0 aliphatic carbocycles. The number of rotatable bonds is 8. The summed E-state index contributed by atoms with van der Waals surface area (Å²) in [6, 6.07) is 0. The molecule has 0 aliphatic rings. The summed E-state index contributed by atoms with van der Waals surface area (Å²) in [4.78, 5) is 2.47. The first kappa shape index (κ1) is 14.7. The lowest BCUT2D eigenvalue weighted by atomic mass is 10.0. The summed E-state index contributed by atoms with van der Waals surface area (Å²) in [5.41, 5.74) is 0.386.